The van der Waals surface area contributed by atoms with E-state index in [1.165, 1.54) is 0 Å². The highest BCUT2D eigenvalue weighted by Gasteiger charge is 2.15. The van der Waals surface area contributed by atoms with E-state index in [1.807, 2.05) is 47.9 Å². The summed E-state index contributed by atoms with van der Waals surface area (Å²) in [5.74, 6) is 0.631. The van der Waals surface area contributed by atoms with Crippen molar-refractivity contribution in [2.75, 3.05) is 6.54 Å². The maximum Gasteiger partial charge on any atom is 0.254 e. The Kier molecular flexibility index (Phi) is 4.60. The smallest absolute Gasteiger partial charge is 0.254 e. The summed E-state index contributed by atoms with van der Waals surface area (Å²) >= 11 is 6.04. The highest BCUT2D eigenvalue weighted by atomic mass is 35.5. The van der Waals surface area contributed by atoms with Gasteiger partial charge in [0.1, 0.15) is 5.82 Å². The van der Waals surface area contributed by atoms with E-state index < -0.39 is 0 Å². The number of hydrogen-bond acceptors (Lipinski definition) is 4. The van der Waals surface area contributed by atoms with E-state index in [0.717, 1.165) is 22.9 Å². The number of amides is 1. The van der Waals surface area contributed by atoms with Gasteiger partial charge >= 0.3 is 0 Å². The monoisotopic (exact) mass is 380 g/mol. The maximum atomic E-state index is 12.5. The van der Waals surface area contributed by atoms with Crippen LogP contribution in [-0.2, 0) is 6.42 Å². The van der Waals surface area contributed by atoms with Crippen LogP contribution < -0.4 is 5.32 Å². The van der Waals surface area contributed by atoms with Gasteiger partial charge in [0.15, 0.2) is 5.65 Å². The first-order valence-electron chi connectivity index (χ1n) is 8.51. The third-order valence-corrected chi connectivity index (χ3v) is 4.56. The Bertz CT molecular complexity index is 1120. The van der Waals surface area contributed by atoms with Gasteiger partial charge in [-0.15, -0.1) is 10.2 Å². The van der Waals surface area contributed by atoms with Crippen LogP contribution in [-0.4, -0.2) is 36.8 Å². The number of fused-ring (bicyclic) bond motifs is 1. The van der Waals surface area contributed by atoms with Gasteiger partial charge in [-0.3, -0.25) is 9.20 Å². The first-order valence-corrected chi connectivity index (χ1v) is 8.88. The molecule has 0 spiro atoms. The quantitative estimate of drug-likeness (QED) is 0.577. The Morgan fingerprint density at radius 3 is 2.93 bits per heavy atom. The molecule has 4 aromatic rings. The zero-order chi connectivity index (χ0) is 18.8. The molecule has 0 aliphatic heterocycles. The Balaban J connectivity index is 1.44. The van der Waals surface area contributed by atoms with Crippen molar-refractivity contribution in [3.8, 4) is 5.69 Å². The predicted molar refractivity (Wildman–Crippen MR) is 102 cm³/mol. The lowest BCUT2D eigenvalue weighted by Gasteiger charge is -2.07. The van der Waals surface area contributed by atoms with Crippen LogP contribution in [0.5, 0.6) is 0 Å². The van der Waals surface area contributed by atoms with E-state index in [0.29, 0.717) is 23.6 Å². The number of pyridine rings is 1. The molecule has 7 nitrogen and oxygen atoms in total. The second kappa shape index (κ2) is 7.20. The van der Waals surface area contributed by atoms with Crippen LogP contribution in [0.3, 0.4) is 0 Å². The van der Waals surface area contributed by atoms with Gasteiger partial charge in [-0.05, 0) is 37.3 Å². The Hall–Kier alpha value is -3.19. The summed E-state index contributed by atoms with van der Waals surface area (Å²) in [6.07, 6.45) is 4.06. The number of benzene rings is 1. The van der Waals surface area contributed by atoms with Crippen molar-refractivity contribution in [2.45, 2.75) is 13.3 Å². The van der Waals surface area contributed by atoms with Crippen LogP contribution in [0.25, 0.3) is 11.3 Å². The SMILES string of the molecule is Cc1c(C(=O)NCCc2nnc3ccccn23)cnn1-c1cccc(Cl)c1. The van der Waals surface area contributed by atoms with Crippen molar-refractivity contribution < 1.29 is 4.79 Å². The van der Waals surface area contributed by atoms with Crippen LogP contribution in [0.1, 0.15) is 21.9 Å². The number of nitrogens with one attached hydrogen (secondary N) is 1. The number of aromatic nitrogens is 5. The number of carbonyl (C=O) groups excluding carboxylic acids is 1. The number of halogens is 1. The van der Waals surface area contributed by atoms with E-state index in [2.05, 4.69) is 20.6 Å². The van der Waals surface area contributed by atoms with Gasteiger partial charge in [0.05, 0.1) is 23.1 Å². The molecule has 0 saturated carbocycles. The van der Waals surface area contributed by atoms with E-state index in [9.17, 15) is 4.79 Å². The van der Waals surface area contributed by atoms with Crippen LogP contribution in [0.4, 0.5) is 0 Å². The predicted octanol–water partition coefficient (Wildman–Crippen LogP) is 2.85. The summed E-state index contributed by atoms with van der Waals surface area (Å²) in [4.78, 5) is 12.5. The molecule has 0 unspecified atom stereocenters. The van der Waals surface area contributed by atoms with Gasteiger partial charge in [0.25, 0.3) is 5.91 Å². The summed E-state index contributed by atoms with van der Waals surface area (Å²) in [5.41, 5.74) is 2.88. The lowest BCUT2D eigenvalue weighted by Crippen LogP contribution is -2.26. The highest BCUT2D eigenvalue weighted by molar-refractivity contribution is 6.30. The minimum absolute atomic E-state index is 0.172. The lowest BCUT2D eigenvalue weighted by molar-refractivity contribution is 0.0953. The molecule has 4 rings (SSSR count). The molecule has 3 heterocycles. The molecule has 136 valence electrons. The van der Waals surface area contributed by atoms with Gasteiger partial charge in [-0.25, -0.2) is 4.68 Å². The van der Waals surface area contributed by atoms with E-state index in [1.54, 1.807) is 23.0 Å². The summed E-state index contributed by atoms with van der Waals surface area (Å²) < 4.78 is 3.61. The maximum absolute atomic E-state index is 12.5. The van der Waals surface area contributed by atoms with Crippen molar-refractivity contribution in [3.05, 3.63) is 77.0 Å². The molecular weight excluding hydrogens is 364 g/mol. The normalized spacial score (nSPS) is 11.0. The molecule has 1 amide bonds. The zero-order valence-electron chi connectivity index (χ0n) is 14.6. The summed E-state index contributed by atoms with van der Waals surface area (Å²) in [6.45, 7) is 2.31. The van der Waals surface area contributed by atoms with Crippen molar-refractivity contribution in [3.63, 3.8) is 0 Å². The Morgan fingerprint density at radius 1 is 1.19 bits per heavy atom. The van der Waals surface area contributed by atoms with Crippen LogP contribution in [0, 0.1) is 6.92 Å². The fourth-order valence-corrected chi connectivity index (χ4v) is 3.13. The number of carbonyl (C=O) groups is 1. The lowest BCUT2D eigenvalue weighted by atomic mass is 10.2. The summed E-state index contributed by atoms with van der Waals surface area (Å²) in [6, 6.07) is 13.1. The molecule has 0 radical (unpaired) electrons. The van der Waals surface area contributed by atoms with Crippen molar-refractivity contribution in [1.82, 2.24) is 29.7 Å². The Morgan fingerprint density at radius 2 is 2.07 bits per heavy atom. The third kappa shape index (κ3) is 3.41. The highest BCUT2D eigenvalue weighted by Crippen LogP contribution is 2.18. The number of nitrogens with zero attached hydrogens (tertiary/aromatic N) is 5. The Labute approximate surface area is 160 Å². The first-order chi connectivity index (χ1) is 13.1. The van der Waals surface area contributed by atoms with Gasteiger partial charge in [-0.2, -0.15) is 5.10 Å². The molecule has 1 N–H and O–H groups in total. The average Bonchev–Trinajstić information content (AvgIpc) is 3.25. The van der Waals surface area contributed by atoms with Gasteiger partial charge in [0.2, 0.25) is 0 Å². The molecule has 0 bridgehead atoms. The van der Waals surface area contributed by atoms with Crippen molar-refractivity contribution in [2.24, 2.45) is 0 Å². The van der Waals surface area contributed by atoms with E-state index in [-0.39, 0.29) is 5.91 Å². The van der Waals surface area contributed by atoms with E-state index in [4.69, 9.17) is 11.6 Å². The molecule has 0 saturated heterocycles. The van der Waals surface area contributed by atoms with Crippen LogP contribution in [0.15, 0.2) is 54.9 Å². The fraction of sp³-hybridized carbons (Fsp3) is 0.158. The van der Waals surface area contributed by atoms with Gasteiger partial charge in [-0.1, -0.05) is 23.7 Å². The number of rotatable bonds is 5. The standard InChI is InChI=1S/C19H17ClN6O/c1-13-16(12-22-26(13)15-6-4-5-14(20)11-15)19(27)21-9-8-18-24-23-17-7-2-3-10-25(17)18/h2-7,10-12H,8-9H2,1H3,(H,21,27). The van der Waals surface area contributed by atoms with Crippen LogP contribution >= 0.6 is 11.6 Å². The molecule has 8 heteroatoms. The molecular formula is C19H17ClN6O. The minimum atomic E-state index is -0.172. The topological polar surface area (TPSA) is 77.1 Å². The average molecular weight is 381 g/mol. The third-order valence-electron chi connectivity index (χ3n) is 4.33. The van der Waals surface area contributed by atoms with Gasteiger partial charge < -0.3 is 5.32 Å². The second-order valence-corrected chi connectivity index (χ2v) is 6.52. The van der Waals surface area contributed by atoms with Crippen molar-refractivity contribution >= 4 is 23.2 Å². The fourth-order valence-electron chi connectivity index (χ4n) is 2.95. The zero-order valence-corrected chi connectivity index (χ0v) is 15.4. The minimum Gasteiger partial charge on any atom is -0.351 e. The van der Waals surface area contributed by atoms with E-state index >= 15 is 0 Å². The molecule has 0 fully saturated rings. The van der Waals surface area contributed by atoms with Gasteiger partial charge in [0, 0.05) is 24.2 Å². The summed E-state index contributed by atoms with van der Waals surface area (Å²) in [5, 5.41) is 16.1. The molecule has 27 heavy (non-hydrogen) atoms. The molecule has 0 aliphatic carbocycles. The molecule has 3 aromatic heterocycles. The van der Waals surface area contributed by atoms with Crippen molar-refractivity contribution in [1.29, 1.82) is 0 Å². The molecule has 0 aliphatic rings. The molecule has 1 aromatic carbocycles. The largest absolute Gasteiger partial charge is 0.351 e. The number of hydrogen-bond donors (Lipinski definition) is 1. The molecule has 0 atom stereocenters. The second-order valence-electron chi connectivity index (χ2n) is 6.09. The summed E-state index contributed by atoms with van der Waals surface area (Å²) in [7, 11) is 0. The van der Waals surface area contributed by atoms with Crippen LogP contribution in [0.2, 0.25) is 5.02 Å². The first kappa shape index (κ1) is 17.2.